The molecule has 0 fully saturated rings. The molecule has 0 unspecified atom stereocenters. The monoisotopic (exact) mass is 372 g/mol. The molecule has 0 aromatic heterocycles. The number of hydrogen-bond donors (Lipinski definition) is 3. The van der Waals surface area contributed by atoms with Crippen LogP contribution in [0.3, 0.4) is 0 Å². The van der Waals surface area contributed by atoms with E-state index in [-0.39, 0.29) is 5.75 Å². The molecule has 0 aliphatic rings. The molecule has 4 nitrogen and oxygen atoms in total. The summed E-state index contributed by atoms with van der Waals surface area (Å²) in [5.41, 5.74) is 0. The first-order valence-electron chi connectivity index (χ1n) is 8.62. The van der Waals surface area contributed by atoms with E-state index in [4.69, 9.17) is 4.43 Å². The molecule has 0 bridgehead atoms. The quantitative estimate of drug-likeness (QED) is 0.248. The van der Waals surface area contributed by atoms with Gasteiger partial charge < -0.3 is 18.8 Å². The largest absolute Gasteiger partial charge is 0.741 e. The molecule has 0 saturated heterocycles. The Kier molecular flexibility index (Phi) is 3.47. The molecule has 0 radical (unpaired) electrons. The van der Waals surface area contributed by atoms with Crippen molar-refractivity contribution < 1.29 is 18.8 Å². The summed E-state index contributed by atoms with van der Waals surface area (Å²) in [6.07, 6.45) is 0. The van der Waals surface area contributed by atoms with Gasteiger partial charge in [0.05, 0.1) is 0 Å². The molecule has 5 rings (SSSR count). The molecule has 0 atom stereocenters. The first-order chi connectivity index (χ1) is 13.0. The van der Waals surface area contributed by atoms with E-state index in [1.165, 1.54) is 5.39 Å². The Morgan fingerprint density at radius 3 is 1.78 bits per heavy atom. The highest BCUT2D eigenvalue weighted by Crippen LogP contribution is 2.35. The van der Waals surface area contributed by atoms with Crippen molar-refractivity contribution >= 4 is 52.1 Å². The predicted octanol–water partition coefficient (Wildman–Crippen LogP) is 4.09. The molecule has 5 heteroatoms. The molecular formula is C22H16O4Si. The Bertz CT molecular complexity index is 1340. The van der Waals surface area contributed by atoms with Gasteiger partial charge in [0.25, 0.3) is 0 Å². The summed E-state index contributed by atoms with van der Waals surface area (Å²) in [7, 11) is -4.67. The fourth-order valence-corrected chi connectivity index (χ4v) is 4.20. The van der Waals surface area contributed by atoms with E-state index in [9.17, 15) is 14.4 Å². The molecule has 0 spiro atoms. The van der Waals surface area contributed by atoms with Crippen LogP contribution in [0, 0.1) is 0 Å². The second-order valence-corrected chi connectivity index (χ2v) is 8.06. The molecule has 5 aromatic rings. The van der Waals surface area contributed by atoms with Crippen LogP contribution < -0.4 is 4.43 Å². The zero-order chi connectivity index (χ0) is 18.6. The topological polar surface area (TPSA) is 69.9 Å². The van der Waals surface area contributed by atoms with Gasteiger partial charge in [0.1, 0.15) is 5.75 Å². The minimum absolute atomic E-state index is 0.256. The highest BCUT2D eigenvalue weighted by molar-refractivity contribution is 6.49. The van der Waals surface area contributed by atoms with E-state index in [0.29, 0.717) is 0 Å². The predicted molar refractivity (Wildman–Crippen MR) is 110 cm³/mol. The second kappa shape index (κ2) is 5.77. The fourth-order valence-electron chi connectivity index (χ4n) is 3.73. The van der Waals surface area contributed by atoms with Crippen molar-refractivity contribution in [3.05, 3.63) is 78.9 Å². The average molecular weight is 372 g/mol. The van der Waals surface area contributed by atoms with Gasteiger partial charge >= 0.3 is 9.05 Å². The fraction of sp³-hybridized carbons (Fsp3) is 0. The van der Waals surface area contributed by atoms with Crippen LogP contribution in [-0.2, 0) is 0 Å². The highest BCUT2D eigenvalue weighted by atomic mass is 28.4. The average Bonchev–Trinajstić information content (AvgIpc) is 2.64. The molecule has 3 N–H and O–H groups in total. The highest BCUT2D eigenvalue weighted by Gasteiger charge is 2.34. The molecule has 0 saturated carbocycles. The molecule has 0 heterocycles. The maximum Gasteiger partial charge on any atom is 0.741 e. The molecule has 0 aliphatic carbocycles. The van der Waals surface area contributed by atoms with Crippen molar-refractivity contribution in [2.45, 2.75) is 0 Å². The van der Waals surface area contributed by atoms with Crippen LogP contribution in [0.15, 0.2) is 78.9 Å². The third kappa shape index (κ3) is 2.83. The summed E-state index contributed by atoms with van der Waals surface area (Å²) < 4.78 is 5.05. The van der Waals surface area contributed by atoms with Crippen LogP contribution in [0.1, 0.15) is 0 Å². The standard InChI is InChI=1S/C22H16O4Si/c23-27(24,25)26-22-7-3-6-16-11-18-9-8-17-10-14-4-1-2-5-15(14)12-19(17)20(18)13-21(16)22/h1-13,23-25H. The van der Waals surface area contributed by atoms with Gasteiger partial charge in [0, 0.05) is 5.39 Å². The van der Waals surface area contributed by atoms with Gasteiger partial charge in [-0.1, -0.05) is 48.5 Å². The van der Waals surface area contributed by atoms with Crippen LogP contribution in [0.25, 0.3) is 43.1 Å². The van der Waals surface area contributed by atoms with E-state index >= 15 is 0 Å². The number of hydrogen-bond acceptors (Lipinski definition) is 4. The van der Waals surface area contributed by atoms with Gasteiger partial charge in [-0.05, 0) is 68.0 Å². The minimum Gasteiger partial charge on any atom is -0.480 e. The molecule has 0 amide bonds. The lowest BCUT2D eigenvalue weighted by molar-refractivity contribution is 0.129. The lowest BCUT2D eigenvalue weighted by atomic mass is 9.96. The first-order valence-corrected chi connectivity index (χ1v) is 10.4. The zero-order valence-corrected chi connectivity index (χ0v) is 15.3. The summed E-state index contributed by atoms with van der Waals surface area (Å²) in [5.74, 6) is 0.256. The van der Waals surface area contributed by atoms with E-state index in [0.717, 1.165) is 37.7 Å². The van der Waals surface area contributed by atoms with Gasteiger partial charge in [-0.3, -0.25) is 0 Å². The van der Waals surface area contributed by atoms with E-state index in [2.05, 4.69) is 36.4 Å². The third-order valence-corrected chi connectivity index (χ3v) is 5.40. The third-order valence-electron chi connectivity index (χ3n) is 4.91. The van der Waals surface area contributed by atoms with Crippen molar-refractivity contribution in [1.29, 1.82) is 0 Å². The SMILES string of the molecule is O[Si](O)(O)Oc1cccc2cc3ccc4cc5ccccc5cc4c3cc12. The van der Waals surface area contributed by atoms with Gasteiger partial charge in [0.15, 0.2) is 0 Å². The van der Waals surface area contributed by atoms with Crippen LogP contribution in [0.2, 0.25) is 0 Å². The van der Waals surface area contributed by atoms with Crippen LogP contribution >= 0.6 is 0 Å². The Hall–Kier alpha value is -2.96. The molecule has 0 aliphatic heterocycles. The summed E-state index contributed by atoms with van der Waals surface area (Å²) in [6, 6.07) is 26.1. The maximum absolute atomic E-state index is 9.36. The summed E-state index contributed by atoms with van der Waals surface area (Å²) in [4.78, 5) is 28.1. The Balaban J connectivity index is 1.87. The normalized spacial score (nSPS) is 12.3. The Morgan fingerprint density at radius 1 is 0.519 bits per heavy atom. The lowest BCUT2D eigenvalue weighted by Gasteiger charge is -2.15. The van der Waals surface area contributed by atoms with Crippen LogP contribution in [-0.4, -0.2) is 23.4 Å². The second-order valence-electron chi connectivity index (χ2n) is 6.71. The van der Waals surface area contributed by atoms with E-state index in [1.807, 2.05) is 30.3 Å². The molecule has 5 aromatic carbocycles. The van der Waals surface area contributed by atoms with Crippen molar-refractivity contribution in [3.8, 4) is 5.75 Å². The smallest absolute Gasteiger partial charge is 0.480 e. The first kappa shape index (κ1) is 16.2. The number of rotatable bonds is 2. The Morgan fingerprint density at radius 2 is 1.07 bits per heavy atom. The number of fused-ring (bicyclic) bond motifs is 5. The van der Waals surface area contributed by atoms with Gasteiger partial charge in [-0.15, -0.1) is 0 Å². The summed E-state index contributed by atoms with van der Waals surface area (Å²) >= 11 is 0. The summed E-state index contributed by atoms with van der Waals surface area (Å²) in [6.45, 7) is 0. The summed E-state index contributed by atoms with van der Waals surface area (Å²) in [5, 5.41) is 8.35. The van der Waals surface area contributed by atoms with Crippen LogP contribution in [0.4, 0.5) is 0 Å². The Labute approximate surface area is 156 Å². The minimum atomic E-state index is -4.67. The maximum atomic E-state index is 9.36. The molecule has 27 heavy (non-hydrogen) atoms. The molecular weight excluding hydrogens is 356 g/mol. The van der Waals surface area contributed by atoms with Crippen molar-refractivity contribution in [3.63, 3.8) is 0 Å². The molecule has 132 valence electrons. The van der Waals surface area contributed by atoms with Gasteiger partial charge in [0.2, 0.25) is 0 Å². The lowest BCUT2D eigenvalue weighted by Crippen LogP contribution is -2.42. The van der Waals surface area contributed by atoms with Crippen molar-refractivity contribution in [2.24, 2.45) is 0 Å². The van der Waals surface area contributed by atoms with Crippen LogP contribution in [0.5, 0.6) is 5.75 Å². The van der Waals surface area contributed by atoms with Crippen molar-refractivity contribution in [1.82, 2.24) is 0 Å². The van der Waals surface area contributed by atoms with Crippen molar-refractivity contribution in [2.75, 3.05) is 0 Å². The van der Waals surface area contributed by atoms with Gasteiger partial charge in [-0.2, -0.15) is 0 Å². The zero-order valence-electron chi connectivity index (χ0n) is 14.3. The number of benzene rings is 5. The van der Waals surface area contributed by atoms with E-state index < -0.39 is 9.05 Å². The van der Waals surface area contributed by atoms with Gasteiger partial charge in [-0.25, -0.2) is 0 Å². The van der Waals surface area contributed by atoms with E-state index in [1.54, 1.807) is 12.1 Å².